The minimum Gasteiger partial charge on any atom is -0.497 e. The summed E-state index contributed by atoms with van der Waals surface area (Å²) in [5.74, 6) is 0.894. The number of methoxy groups -OCH3 is 1. The lowest BCUT2D eigenvalue weighted by Crippen LogP contribution is -2.06. The maximum absolute atomic E-state index is 6.17. The van der Waals surface area contributed by atoms with Crippen molar-refractivity contribution in [3.8, 4) is 5.75 Å². The van der Waals surface area contributed by atoms with Gasteiger partial charge in [0.05, 0.1) is 13.2 Å². The predicted octanol–water partition coefficient (Wildman–Crippen LogP) is 4.37. The molecule has 0 radical (unpaired) electrons. The monoisotopic (exact) mass is 273 g/mol. The first-order valence-corrected chi connectivity index (χ1v) is 6.75. The third-order valence-electron chi connectivity index (χ3n) is 3.72. The van der Waals surface area contributed by atoms with E-state index in [-0.39, 0.29) is 0 Å². The minimum atomic E-state index is 0.294. The van der Waals surface area contributed by atoms with E-state index in [0.717, 1.165) is 22.8 Å². The van der Waals surface area contributed by atoms with Crippen molar-refractivity contribution >= 4 is 17.3 Å². The maximum atomic E-state index is 6.17. The number of nitrogens with one attached hydrogen (secondary N) is 1. The van der Waals surface area contributed by atoms with E-state index in [4.69, 9.17) is 16.3 Å². The quantitative estimate of drug-likeness (QED) is 0.877. The molecule has 19 heavy (non-hydrogen) atoms. The Bertz CT molecular complexity index is 624. The van der Waals surface area contributed by atoms with E-state index < -0.39 is 0 Å². The Morgan fingerprint density at radius 3 is 2.89 bits per heavy atom. The molecular weight excluding hydrogens is 258 g/mol. The summed E-state index contributed by atoms with van der Waals surface area (Å²) in [6, 6.07) is 12.6. The molecule has 0 spiro atoms. The fourth-order valence-corrected chi connectivity index (χ4v) is 2.78. The number of benzene rings is 2. The van der Waals surface area contributed by atoms with Crippen molar-refractivity contribution in [3.63, 3.8) is 0 Å². The first kappa shape index (κ1) is 12.4. The van der Waals surface area contributed by atoms with Crippen LogP contribution >= 0.6 is 11.6 Å². The van der Waals surface area contributed by atoms with Gasteiger partial charge in [-0.15, -0.1) is 0 Å². The van der Waals surface area contributed by atoms with E-state index in [1.165, 1.54) is 16.8 Å². The van der Waals surface area contributed by atoms with Crippen LogP contribution in [0.25, 0.3) is 0 Å². The van der Waals surface area contributed by atoms with Crippen LogP contribution in [0, 0.1) is 6.92 Å². The van der Waals surface area contributed by atoms with Gasteiger partial charge >= 0.3 is 0 Å². The van der Waals surface area contributed by atoms with Crippen molar-refractivity contribution in [1.82, 2.24) is 0 Å². The second-order valence-electron chi connectivity index (χ2n) is 4.88. The van der Waals surface area contributed by atoms with Gasteiger partial charge in [0, 0.05) is 10.7 Å². The second kappa shape index (κ2) is 4.78. The van der Waals surface area contributed by atoms with Gasteiger partial charge in [0.15, 0.2) is 0 Å². The summed E-state index contributed by atoms with van der Waals surface area (Å²) in [6.07, 6.45) is 0.987. The van der Waals surface area contributed by atoms with Crippen molar-refractivity contribution in [3.05, 3.63) is 58.1 Å². The molecule has 0 saturated heterocycles. The van der Waals surface area contributed by atoms with Gasteiger partial charge in [-0.3, -0.25) is 0 Å². The van der Waals surface area contributed by atoms with Crippen molar-refractivity contribution in [2.75, 3.05) is 12.4 Å². The second-order valence-corrected chi connectivity index (χ2v) is 5.29. The summed E-state index contributed by atoms with van der Waals surface area (Å²) in [5.41, 5.74) is 4.88. The zero-order valence-corrected chi connectivity index (χ0v) is 11.8. The zero-order valence-electron chi connectivity index (χ0n) is 11.0. The van der Waals surface area contributed by atoms with Crippen LogP contribution in [-0.4, -0.2) is 7.11 Å². The van der Waals surface area contributed by atoms with Crippen LogP contribution in [0.3, 0.4) is 0 Å². The van der Waals surface area contributed by atoms with Crippen LogP contribution in [-0.2, 0) is 6.42 Å². The predicted molar refractivity (Wildman–Crippen MR) is 79.3 cm³/mol. The van der Waals surface area contributed by atoms with Gasteiger partial charge in [0.2, 0.25) is 0 Å². The Labute approximate surface area is 118 Å². The smallest absolute Gasteiger partial charge is 0.119 e. The molecule has 0 fully saturated rings. The highest BCUT2D eigenvalue weighted by Crippen LogP contribution is 2.39. The third kappa shape index (κ3) is 2.17. The Morgan fingerprint density at radius 1 is 1.26 bits per heavy atom. The molecule has 1 unspecified atom stereocenters. The van der Waals surface area contributed by atoms with E-state index in [1.807, 2.05) is 18.2 Å². The Morgan fingerprint density at radius 2 is 2.11 bits per heavy atom. The number of hydrogen-bond acceptors (Lipinski definition) is 2. The molecule has 2 aromatic carbocycles. The average Bonchev–Trinajstić information content (AvgIpc) is 2.88. The molecule has 1 N–H and O–H groups in total. The lowest BCUT2D eigenvalue weighted by molar-refractivity contribution is 0.414. The molecule has 1 aliphatic rings. The normalized spacial score (nSPS) is 16.9. The summed E-state index contributed by atoms with van der Waals surface area (Å²) in [5, 5.41) is 4.39. The summed E-state index contributed by atoms with van der Waals surface area (Å²) in [4.78, 5) is 0. The van der Waals surface area contributed by atoms with Gasteiger partial charge in [-0.25, -0.2) is 0 Å². The number of rotatable bonds is 2. The molecule has 0 aliphatic carbocycles. The summed E-state index contributed by atoms with van der Waals surface area (Å²) in [7, 11) is 1.69. The molecule has 0 amide bonds. The SMILES string of the molecule is COc1cccc(C2Cc3ccc(Cl)c(C)c3N2)c1. The van der Waals surface area contributed by atoms with Gasteiger partial charge < -0.3 is 10.1 Å². The largest absolute Gasteiger partial charge is 0.497 e. The fourth-order valence-electron chi connectivity index (χ4n) is 2.62. The van der Waals surface area contributed by atoms with E-state index in [9.17, 15) is 0 Å². The fraction of sp³-hybridized carbons (Fsp3) is 0.250. The van der Waals surface area contributed by atoms with Gasteiger partial charge in [-0.1, -0.05) is 29.8 Å². The molecule has 0 saturated carbocycles. The van der Waals surface area contributed by atoms with Crippen LogP contribution in [0.15, 0.2) is 36.4 Å². The number of ether oxygens (including phenoxy) is 1. The Balaban J connectivity index is 1.93. The molecule has 0 aromatic heterocycles. The lowest BCUT2D eigenvalue weighted by Gasteiger charge is -2.13. The lowest BCUT2D eigenvalue weighted by atomic mass is 10.0. The molecule has 1 aliphatic heterocycles. The van der Waals surface area contributed by atoms with E-state index in [0.29, 0.717) is 6.04 Å². The molecule has 1 atom stereocenters. The topological polar surface area (TPSA) is 21.3 Å². The van der Waals surface area contributed by atoms with Gasteiger partial charge in [0.1, 0.15) is 5.75 Å². The van der Waals surface area contributed by atoms with Crippen LogP contribution in [0.1, 0.15) is 22.7 Å². The number of halogens is 1. The molecule has 3 rings (SSSR count). The molecule has 3 heteroatoms. The maximum Gasteiger partial charge on any atom is 0.119 e. The molecule has 1 heterocycles. The van der Waals surface area contributed by atoms with E-state index >= 15 is 0 Å². The highest BCUT2D eigenvalue weighted by atomic mass is 35.5. The van der Waals surface area contributed by atoms with Gasteiger partial charge in [0.25, 0.3) is 0 Å². The number of anilines is 1. The highest BCUT2D eigenvalue weighted by Gasteiger charge is 2.24. The molecule has 0 bridgehead atoms. The molecule has 2 aromatic rings. The van der Waals surface area contributed by atoms with Crippen LogP contribution in [0.5, 0.6) is 5.75 Å². The number of fused-ring (bicyclic) bond motifs is 1. The first-order chi connectivity index (χ1) is 9.19. The van der Waals surface area contributed by atoms with Gasteiger partial charge in [-0.05, 0) is 48.2 Å². The average molecular weight is 274 g/mol. The summed E-state index contributed by atoms with van der Waals surface area (Å²) < 4.78 is 5.29. The summed E-state index contributed by atoms with van der Waals surface area (Å²) in [6.45, 7) is 2.06. The van der Waals surface area contributed by atoms with E-state index in [1.54, 1.807) is 7.11 Å². The first-order valence-electron chi connectivity index (χ1n) is 6.37. The van der Waals surface area contributed by atoms with E-state index in [2.05, 4.69) is 30.4 Å². The van der Waals surface area contributed by atoms with Gasteiger partial charge in [-0.2, -0.15) is 0 Å². The van der Waals surface area contributed by atoms with Crippen molar-refractivity contribution < 1.29 is 4.74 Å². The van der Waals surface area contributed by atoms with Crippen molar-refractivity contribution in [1.29, 1.82) is 0 Å². The van der Waals surface area contributed by atoms with Crippen molar-refractivity contribution in [2.45, 2.75) is 19.4 Å². The molecule has 2 nitrogen and oxygen atoms in total. The highest BCUT2D eigenvalue weighted by molar-refractivity contribution is 6.31. The third-order valence-corrected chi connectivity index (χ3v) is 4.13. The van der Waals surface area contributed by atoms with Crippen LogP contribution in [0.2, 0.25) is 5.02 Å². The van der Waals surface area contributed by atoms with Crippen LogP contribution < -0.4 is 10.1 Å². The van der Waals surface area contributed by atoms with Crippen molar-refractivity contribution in [2.24, 2.45) is 0 Å². The standard InChI is InChI=1S/C16H16ClNO/c1-10-14(17)7-6-12-9-15(18-16(10)12)11-4-3-5-13(8-11)19-2/h3-8,15,18H,9H2,1-2H3. The number of hydrogen-bond donors (Lipinski definition) is 1. The summed E-state index contributed by atoms with van der Waals surface area (Å²) >= 11 is 6.17. The Kier molecular flexibility index (Phi) is 3.11. The Hall–Kier alpha value is -1.67. The molecule has 98 valence electrons. The molecular formula is C16H16ClNO. The minimum absolute atomic E-state index is 0.294. The zero-order chi connectivity index (χ0) is 13.4. The van der Waals surface area contributed by atoms with Crippen LogP contribution in [0.4, 0.5) is 5.69 Å².